The summed E-state index contributed by atoms with van der Waals surface area (Å²) in [5, 5.41) is 10.4. The second kappa shape index (κ2) is 4.61. The van der Waals surface area contributed by atoms with Crippen LogP contribution in [-0.4, -0.2) is 10.7 Å². The van der Waals surface area contributed by atoms with Crippen LogP contribution in [0.15, 0.2) is 39.2 Å². The van der Waals surface area contributed by atoms with Gasteiger partial charge in [0.25, 0.3) is 0 Å². The lowest BCUT2D eigenvalue weighted by Crippen LogP contribution is -2.00. The minimum Gasteiger partial charge on any atom is -0.398 e. The Hall–Kier alpha value is -2.15. The van der Waals surface area contributed by atoms with Crippen LogP contribution in [-0.2, 0) is 0 Å². The summed E-state index contributed by atoms with van der Waals surface area (Å²) in [6.45, 7) is 0. The van der Waals surface area contributed by atoms with E-state index in [9.17, 15) is 14.9 Å². The molecule has 0 radical (unpaired) electrons. The molecule has 0 bridgehead atoms. The molecular formula is C11H7BrN2O4. The summed E-state index contributed by atoms with van der Waals surface area (Å²) in [5.74, 6) is -0.991. The first-order valence-electron chi connectivity index (χ1n) is 4.83. The fourth-order valence-corrected chi connectivity index (χ4v) is 1.74. The van der Waals surface area contributed by atoms with E-state index in [0.717, 1.165) is 6.07 Å². The zero-order chi connectivity index (χ0) is 13.3. The number of carbonyl (C=O) groups is 1. The molecule has 92 valence electrons. The molecule has 0 saturated heterocycles. The number of hydrogen-bond acceptors (Lipinski definition) is 5. The number of nitro groups is 1. The molecule has 2 rings (SSSR count). The van der Waals surface area contributed by atoms with Gasteiger partial charge in [0, 0.05) is 15.7 Å². The average Bonchev–Trinajstić information content (AvgIpc) is 2.81. The molecule has 0 amide bonds. The van der Waals surface area contributed by atoms with Crippen molar-refractivity contribution >= 4 is 33.3 Å². The van der Waals surface area contributed by atoms with Crippen molar-refractivity contribution in [2.45, 2.75) is 0 Å². The molecule has 0 saturated carbocycles. The molecule has 6 nitrogen and oxygen atoms in total. The SMILES string of the molecule is Nc1ccc(C(=O)c2ccc([N+](=O)[O-])o2)cc1Br. The van der Waals surface area contributed by atoms with E-state index in [4.69, 9.17) is 10.2 Å². The van der Waals surface area contributed by atoms with Gasteiger partial charge in [-0.25, -0.2) is 0 Å². The maximum absolute atomic E-state index is 12.0. The number of anilines is 1. The van der Waals surface area contributed by atoms with Gasteiger partial charge in [0.1, 0.15) is 4.92 Å². The van der Waals surface area contributed by atoms with E-state index in [1.54, 1.807) is 6.07 Å². The van der Waals surface area contributed by atoms with Crippen molar-refractivity contribution in [3.63, 3.8) is 0 Å². The Kier molecular flexibility index (Phi) is 3.15. The fraction of sp³-hybridized carbons (Fsp3) is 0. The summed E-state index contributed by atoms with van der Waals surface area (Å²) in [6.07, 6.45) is 0. The van der Waals surface area contributed by atoms with Crippen molar-refractivity contribution in [3.05, 3.63) is 56.2 Å². The summed E-state index contributed by atoms with van der Waals surface area (Å²) in [6, 6.07) is 7.03. The third-order valence-electron chi connectivity index (χ3n) is 2.26. The first-order valence-corrected chi connectivity index (χ1v) is 5.62. The van der Waals surface area contributed by atoms with Crippen LogP contribution < -0.4 is 5.73 Å². The number of nitrogen functional groups attached to an aromatic ring is 1. The highest BCUT2D eigenvalue weighted by molar-refractivity contribution is 9.10. The van der Waals surface area contributed by atoms with E-state index in [-0.39, 0.29) is 5.76 Å². The normalized spacial score (nSPS) is 10.3. The van der Waals surface area contributed by atoms with Gasteiger partial charge in [0.15, 0.2) is 5.76 Å². The van der Waals surface area contributed by atoms with Crippen LogP contribution >= 0.6 is 15.9 Å². The van der Waals surface area contributed by atoms with Crippen molar-refractivity contribution < 1.29 is 14.1 Å². The lowest BCUT2D eigenvalue weighted by atomic mass is 10.1. The highest BCUT2D eigenvalue weighted by atomic mass is 79.9. The number of furan rings is 1. The highest BCUT2D eigenvalue weighted by Gasteiger charge is 2.19. The molecule has 1 aromatic heterocycles. The Bertz CT molecular complexity index is 636. The van der Waals surface area contributed by atoms with Gasteiger partial charge in [0.05, 0.1) is 6.07 Å². The van der Waals surface area contributed by atoms with Gasteiger partial charge in [0.2, 0.25) is 5.78 Å². The molecule has 2 aromatic rings. The Morgan fingerprint density at radius 1 is 1.33 bits per heavy atom. The van der Waals surface area contributed by atoms with Crippen molar-refractivity contribution in [1.82, 2.24) is 0 Å². The fourth-order valence-electron chi connectivity index (χ4n) is 1.36. The lowest BCUT2D eigenvalue weighted by Gasteiger charge is -2.01. The molecule has 2 N–H and O–H groups in total. The molecule has 0 unspecified atom stereocenters. The number of benzene rings is 1. The first-order chi connectivity index (χ1) is 8.49. The Labute approximate surface area is 110 Å². The molecule has 0 aliphatic rings. The van der Waals surface area contributed by atoms with Gasteiger partial charge in [-0.15, -0.1) is 0 Å². The zero-order valence-electron chi connectivity index (χ0n) is 8.92. The summed E-state index contributed by atoms with van der Waals surface area (Å²) >= 11 is 3.20. The number of rotatable bonds is 3. The number of nitrogens with two attached hydrogens (primary N) is 1. The molecule has 1 aromatic carbocycles. The van der Waals surface area contributed by atoms with Crippen molar-refractivity contribution in [2.75, 3.05) is 5.73 Å². The predicted molar refractivity (Wildman–Crippen MR) is 67.3 cm³/mol. The third-order valence-corrected chi connectivity index (χ3v) is 2.94. The molecule has 0 aliphatic carbocycles. The summed E-state index contributed by atoms with van der Waals surface area (Å²) in [7, 11) is 0. The molecule has 1 heterocycles. The van der Waals surface area contributed by atoms with Crippen LogP contribution in [0.5, 0.6) is 0 Å². The van der Waals surface area contributed by atoms with Crippen molar-refractivity contribution in [3.8, 4) is 0 Å². The maximum Gasteiger partial charge on any atom is 0.433 e. The highest BCUT2D eigenvalue weighted by Crippen LogP contribution is 2.24. The van der Waals surface area contributed by atoms with E-state index < -0.39 is 16.6 Å². The van der Waals surface area contributed by atoms with Crippen LogP contribution in [0, 0.1) is 10.1 Å². The molecule has 7 heteroatoms. The minimum absolute atomic E-state index is 0.0848. The van der Waals surface area contributed by atoms with Gasteiger partial charge >= 0.3 is 5.88 Å². The van der Waals surface area contributed by atoms with Gasteiger partial charge in [-0.05, 0) is 40.2 Å². The quantitative estimate of drug-likeness (QED) is 0.406. The Balaban J connectivity index is 2.35. The number of nitrogens with zero attached hydrogens (tertiary/aromatic N) is 1. The topological polar surface area (TPSA) is 99.4 Å². The standard InChI is InChI=1S/C11H7BrN2O4/c12-7-5-6(1-2-8(7)13)11(15)9-3-4-10(18-9)14(16)17/h1-5H,13H2. The summed E-state index contributed by atoms with van der Waals surface area (Å²) < 4.78 is 5.41. The van der Waals surface area contributed by atoms with Crippen LogP contribution in [0.4, 0.5) is 11.6 Å². The van der Waals surface area contributed by atoms with Gasteiger partial charge in [-0.2, -0.15) is 0 Å². The zero-order valence-corrected chi connectivity index (χ0v) is 10.5. The van der Waals surface area contributed by atoms with Gasteiger partial charge in [-0.1, -0.05) is 0 Å². The number of halogens is 1. The van der Waals surface area contributed by atoms with Crippen LogP contribution in [0.25, 0.3) is 0 Å². The van der Waals surface area contributed by atoms with Crippen LogP contribution in [0.3, 0.4) is 0 Å². The van der Waals surface area contributed by atoms with Gasteiger partial charge in [-0.3, -0.25) is 14.9 Å². The Morgan fingerprint density at radius 2 is 2.06 bits per heavy atom. The van der Waals surface area contributed by atoms with E-state index in [1.807, 2.05) is 0 Å². The largest absolute Gasteiger partial charge is 0.433 e. The van der Waals surface area contributed by atoms with E-state index >= 15 is 0 Å². The summed E-state index contributed by atoms with van der Waals surface area (Å²) in [4.78, 5) is 21.7. The number of carbonyl (C=O) groups excluding carboxylic acids is 1. The molecule has 0 fully saturated rings. The minimum atomic E-state index is -0.699. The maximum atomic E-state index is 12.0. The number of hydrogen-bond donors (Lipinski definition) is 1. The Morgan fingerprint density at radius 3 is 2.61 bits per heavy atom. The van der Waals surface area contributed by atoms with E-state index in [1.165, 1.54) is 18.2 Å². The van der Waals surface area contributed by atoms with E-state index in [2.05, 4.69) is 15.9 Å². The predicted octanol–water partition coefficient (Wildman–Crippen LogP) is 2.76. The molecule has 0 aliphatic heterocycles. The first kappa shape index (κ1) is 12.3. The molecule has 0 atom stereocenters. The lowest BCUT2D eigenvalue weighted by molar-refractivity contribution is -0.402. The second-order valence-electron chi connectivity index (χ2n) is 3.46. The smallest absolute Gasteiger partial charge is 0.398 e. The number of ketones is 1. The van der Waals surface area contributed by atoms with Gasteiger partial charge < -0.3 is 10.2 Å². The van der Waals surface area contributed by atoms with Crippen molar-refractivity contribution in [1.29, 1.82) is 0 Å². The van der Waals surface area contributed by atoms with Crippen LogP contribution in [0.2, 0.25) is 0 Å². The average molecular weight is 311 g/mol. The van der Waals surface area contributed by atoms with Crippen LogP contribution in [0.1, 0.15) is 16.1 Å². The van der Waals surface area contributed by atoms with E-state index in [0.29, 0.717) is 15.7 Å². The third kappa shape index (κ3) is 2.25. The summed E-state index contributed by atoms with van der Waals surface area (Å²) in [5.41, 5.74) is 6.43. The second-order valence-corrected chi connectivity index (χ2v) is 4.31. The molecular weight excluding hydrogens is 304 g/mol. The monoisotopic (exact) mass is 310 g/mol. The molecule has 0 spiro atoms. The van der Waals surface area contributed by atoms with Crippen molar-refractivity contribution in [2.24, 2.45) is 0 Å². The molecule has 18 heavy (non-hydrogen) atoms.